The first-order valence-electron chi connectivity index (χ1n) is 12.8. The van der Waals surface area contributed by atoms with Crippen LogP contribution in [0.3, 0.4) is 0 Å². The van der Waals surface area contributed by atoms with E-state index in [0.29, 0.717) is 11.6 Å². The smallest absolute Gasteiger partial charge is 0.459 e. The summed E-state index contributed by atoms with van der Waals surface area (Å²) in [4.78, 5) is 37.9. The van der Waals surface area contributed by atoms with E-state index in [1.165, 1.54) is 6.92 Å². The number of aliphatic hydroxyl groups excluding tert-OH is 2. The Labute approximate surface area is 233 Å². The van der Waals surface area contributed by atoms with Crippen LogP contribution in [0.2, 0.25) is 0 Å². The number of benzene rings is 2. The van der Waals surface area contributed by atoms with E-state index in [1.807, 2.05) is 12.1 Å². The van der Waals surface area contributed by atoms with Gasteiger partial charge < -0.3 is 24.2 Å². The highest BCUT2D eigenvalue weighted by molar-refractivity contribution is 7.52. The lowest BCUT2D eigenvalue weighted by Crippen LogP contribution is -2.42. The molecule has 1 saturated heterocycles. The molecule has 0 bridgehead atoms. The number of hydrogen-bond donors (Lipinski definition) is 4. The Morgan fingerprint density at radius 1 is 1.22 bits per heavy atom. The Balaban J connectivity index is 1.63. The first-order valence-corrected chi connectivity index (χ1v) is 14.3. The minimum absolute atomic E-state index is 0.140. The number of aliphatic hydroxyl groups is 2. The maximum atomic E-state index is 14.2. The van der Waals surface area contributed by atoms with Crippen molar-refractivity contribution in [1.29, 1.82) is 0 Å². The van der Waals surface area contributed by atoms with Crippen molar-refractivity contribution < 1.29 is 42.5 Å². The van der Waals surface area contributed by atoms with E-state index in [9.17, 15) is 33.6 Å². The number of halogens is 1. The Morgan fingerprint density at radius 2 is 1.93 bits per heavy atom. The van der Waals surface area contributed by atoms with Crippen LogP contribution in [0.4, 0.5) is 4.39 Å². The fourth-order valence-electron chi connectivity index (χ4n) is 4.34. The van der Waals surface area contributed by atoms with Gasteiger partial charge >= 0.3 is 19.4 Å². The molecule has 2 heterocycles. The van der Waals surface area contributed by atoms with Gasteiger partial charge in [-0.05, 0) is 32.2 Å². The van der Waals surface area contributed by atoms with E-state index in [0.717, 1.165) is 9.95 Å². The van der Waals surface area contributed by atoms with Crippen molar-refractivity contribution in [3.63, 3.8) is 0 Å². The fourth-order valence-corrected chi connectivity index (χ4v) is 6.04. The van der Waals surface area contributed by atoms with E-state index in [2.05, 4.69) is 5.09 Å². The second-order valence-electron chi connectivity index (χ2n) is 9.73. The third kappa shape index (κ3) is 7.10. The molecule has 6 atom stereocenters. The molecule has 4 rings (SSSR count). The highest BCUT2D eigenvalue weighted by Gasteiger charge is 2.45. The van der Waals surface area contributed by atoms with Crippen molar-refractivity contribution in [2.24, 2.45) is 0 Å². The van der Waals surface area contributed by atoms with E-state index in [4.69, 9.17) is 18.5 Å². The molecular weight excluding hydrogens is 564 g/mol. The van der Waals surface area contributed by atoms with Crippen LogP contribution in [0.1, 0.15) is 33.4 Å². The molecule has 0 radical (unpaired) electrons. The summed E-state index contributed by atoms with van der Waals surface area (Å²) < 4.78 is 51.3. The normalized spacial score (nSPS) is 21.9. The summed E-state index contributed by atoms with van der Waals surface area (Å²) in [5.41, 5.74) is -2.21. The Bertz CT molecular complexity index is 1550. The highest BCUT2D eigenvalue weighted by Crippen LogP contribution is 2.49. The number of carbonyl (C=O) groups excluding carboxylic acids is 1. The van der Waals surface area contributed by atoms with Crippen LogP contribution in [0.25, 0.3) is 10.8 Å². The number of carbonyl (C=O) groups is 1. The van der Waals surface area contributed by atoms with E-state index in [-0.39, 0.29) is 12.2 Å². The zero-order chi connectivity index (χ0) is 29.9. The Kier molecular flexibility index (Phi) is 9.42. The molecule has 0 amide bonds. The lowest BCUT2D eigenvalue weighted by Gasteiger charge is -2.30. The summed E-state index contributed by atoms with van der Waals surface area (Å²) in [6.07, 6.45) is -5.61. The van der Waals surface area contributed by atoms with E-state index >= 15 is 0 Å². The molecule has 0 spiro atoms. The molecule has 15 heteroatoms. The molecule has 0 aliphatic carbocycles. The molecule has 3 aromatic rings. The Morgan fingerprint density at radius 3 is 2.63 bits per heavy atom. The average molecular weight is 596 g/mol. The van der Waals surface area contributed by atoms with Gasteiger partial charge in [-0.1, -0.05) is 36.4 Å². The van der Waals surface area contributed by atoms with Crippen LogP contribution in [0.5, 0.6) is 5.75 Å². The highest BCUT2D eigenvalue weighted by atomic mass is 31.2. The molecule has 222 valence electrons. The van der Waals surface area contributed by atoms with E-state index < -0.39 is 74.1 Å². The molecule has 1 fully saturated rings. The summed E-state index contributed by atoms with van der Waals surface area (Å²) in [7, 11) is -4.54. The molecular formula is C26H31FN3O10P. The third-order valence-electron chi connectivity index (χ3n) is 6.22. The first-order chi connectivity index (χ1) is 19.4. The molecule has 1 aliphatic rings. The first kappa shape index (κ1) is 30.6. The summed E-state index contributed by atoms with van der Waals surface area (Å²) in [6, 6.07) is 10.9. The van der Waals surface area contributed by atoms with Gasteiger partial charge in [-0.25, -0.2) is 9.36 Å². The number of nitrogens with one attached hydrogen (secondary N) is 2. The number of ether oxygens (including phenoxy) is 2. The van der Waals surface area contributed by atoms with Gasteiger partial charge in [-0.2, -0.15) is 9.48 Å². The van der Waals surface area contributed by atoms with Crippen LogP contribution >= 0.6 is 7.75 Å². The quantitative estimate of drug-likeness (QED) is 0.188. The maximum Gasteiger partial charge on any atom is 0.459 e. The molecule has 41 heavy (non-hydrogen) atoms. The van der Waals surface area contributed by atoms with Crippen molar-refractivity contribution in [2.75, 3.05) is 6.61 Å². The molecule has 0 saturated carbocycles. The largest absolute Gasteiger partial charge is 0.462 e. The SMILES string of the molecule is CC(C)OC(=O)[C@H](C)N[P@@](=O)(Oc1cccc2ccccc12)O[C@H](CO)[C@H]1O[C@@H](n2cc(F)c(=O)[nH]c2=O)C[C@@H]1O. The Hall–Kier alpha value is -3.39. The van der Waals surface area contributed by atoms with Gasteiger partial charge in [0, 0.05) is 11.8 Å². The van der Waals surface area contributed by atoms with Gasteiger partial charge in [-0.15, -0.1) is 0 Å². The lowest BCUT2D eigenvalue weighted by molar-refractivity contribution is -0.149. The van der Waals surface area contributed by atoms with Gasteiger partial charge in [0.2, 0.25) is 5.82 Å². The second kappa shape index (κ2) is 12.6. The average Bonchev–Trinajstić information content (AvgIpc) is 3.30. The van der Waals surface area contributed by atoms with Crippen LogP contribution in [-0.2, 0) is 23.4 Å². The predicted octanol–water partition coefficient (Wildman–Crippen LogP) is 1.97. The van der Waals surface area contributed by atoms with Crippen molar-refractivity contribution in [3.8, 4) is 5.75 Å². The van der Waals surface area contributed by atoms with Crippen LogP contribution in [0.15, 0.2) is 58.3 Å². The third-order valence-corrected chi connectivity index (χ3v) is 7.91. The number of hydrogen-bond acceptors (Lipinski definition) is 10. The number of H-pyrrole nitrogens is 1. The second-order valence-corrected chi connectivity index (χ2v) is 11.4. The number of rotatable bonds is 11. The van der Waals surface area contributed by atoms with Crippen LogP contribution in [0, 0.1) is 5.82 Å². The lowest BCUT2D eigenvalue weighted by atomic mass is 10.1. The summed E-state index contributed by atoms with van der Waals surface area (Å²) in [5.74, 6) is -1.86. The van der Waals surface area contributed by atoms with Gasteiger partial charge in [0.1, 0.15) is 30.2 Å². The molecule has 1 aliphatic heterocycles. The summed E-state index contributed by atoms with van der Waals surface area (Å²) in [6.45, 7) is 3.84. The molecule has 2 aromatic carbocycles. The molecule has 1 aromatic heterocycles. The van der Waals surface area contributed by atoms with Crippen molar-refractivity contribution in [2.45, 2.75) is 63.9 Å². The molecule has 4 N–H and O–H groups in total. The number of esters is 1. The molecule has 0 unspecified atom stereocenters. The predicted molar refractivity (Wildman–Crippen MR) is 144 cm³/mol. The number of aromatic nitrogens is 2. The van der Waals surface area contributed by atoms with Gasteiger partial charge in [-0.3, -0.25) is 23.7 Å². The minimum Gasteiger partial charge on any atom is -0.462 e. The van der Waals surface area contributed by atoms with Crippen molar-refractivity contribution >= 4 is 24.5 Å². The zero-order valence-electron chi connectivity index (χ0n) is 22.4. The number of aromatic amines is 1. The zero-order valence-corrected chi connectivity index (χ0v) is 23.3. The van der Waals surface area contributed by atoms with Gasteiger partial charge in [0.05, 0.1) is 25.0 Å². The van der Waals surface area contributed by atoms with Gasteiger partial charge in [0.25, 0.3) is 5.56 Å². The minimum atomic E-state index is -4.54. The summed E-state index contributed by atoms with van der Waals surface area (Å²) >= 11 is 0. The monoisotopic (exact) mass is 595 g/mol. The van der Waals surface area contributed by atoms with E-state index in [1.54, 1.807) is 49.2 Å². The fraction of sp³-hybridized carbons (Fsp3) is 0.423. The standard InChI is InChI=1S/C26H31FN3O10P/c1-14(2)37-25(34)15(3)29-41(36,39-20-10-6-8-16-7-4-5-9-17(16)20)40-21(13-31)23-19(32)11-22(38-23)30-12-18(27)24(33)28-26(30)35/h4-10,12,14-15,19,21-23,31-32H,11,13H2,1-3H3,(H,29,36)(H,28,33,35)/t15-,19-,21+,22+,23-,41+/m0/s1. The maximum absolute atomic E-state index is 14.2. The van der Waals surface area contributed by atoms with Crippen molar-refractivity contribution in [1.82, 2.24) is 14.6 Å². The summed E-state index contributed by atoms with van der Waals surface area (Å²) in [5, 5.41) is 24.7. The molecule has 13 nitrogen and oxygen atoms in total. The topological polar surface area (TPSA) is 178 Å². The van der Waals surface area contributed by atoms with Crippen LogP contribution in [-0.4, -0.2) is 62.8 Å². The number of fused-ring (bicyclic) bond motifs is 1. The van der Waals surface area contributed by atoms with Crippen molar-refractivity contribution in [3.05, 3.63) is 75.3 Å². The van der Waals surface area contributed by atoms with Crippen LogP contribution < -0.4 is 20.9 Å². The number of nitrogens with zero attached hydrogens (tertiary/aromatic N) is 1. The van der Waals surface area contributed by atoms with Gasteiger partial charge in [0.15, 0.2) is 0 Å².